The molecule has 0 radical (unpaired) electrons. The Balaban J connectivity index is 1.48. The van der Waals surface area contributed by atoms with Crippen LogP contribution in [0.5, 0.6) is 11.5 Å². The summed E-state index contributed by atoms with van der Waals surface area (Å²) in [4.78, 5) is 11.2. The van der Waals surface area contributed by atoms with E-state index in [1.54, 1.807) is 33.5 Å². The van der Waals surface area contributed by atoms with Crippen molar-refractivity contribution < 1.29 is 37.7 Å². The lowest BCUT2D eigenvalue weighted by Gasteiger charge is -2.39. The quantitative estimate of drug-likeness (QED) is 0.0259. The smallest absolute Gasteiger partial charge is 0.270 e. The standard InChI is InChI=1S/C44H51N4O9P/c1-30(2)47(31(3)4)58(55-27-11-25-45)57-41-40(56-43(42(41)53-7)46-26-24-32-28-36(48(49)50)18-23-39(32)46)29-54-44(33-12-9-8-10-13-33,34-14-19-37(51-5)20-15-34)35-16-21-38(52-6)22-17-35/h8-10,12-24,26,28,30-31,40-43H,11,27,29H2,1-7H3/t40-,41-,42-,43-,58?/m1/s1. The van der Waals surface area contributed by atoms with E-state index < -0.39 is 43.6 Å². The molecule has 1 aromatic heterocycles. The van der Waals surface area contributed by atoms with E-state index in [0.717, 1.165) is 22.2 Å². The minimum absolute atomic E-state index is 0.00898. The largest absolute Gasteiger partial charge is 0.497 e. The van der Waals surface area contributed by atoms with Crippen LogP contribution in [0.15, 0.2) is 109 Å². The van der Waals surface area contributed by atoms with Crippen LogP contribution in [0.4, 0.5) is 5.69 Å². The molecule has 58 heavy (non-hydrogen) atoms. The average molecular weight is 811 g/mol. The lowest BCUT2D eigenvalue weighted by Crippen LogP contribution is -2.42. The molecule has 0 amide bonds. The molecule has 1 fully saturated rings. The van der Waals surface area contributed by atoms with Crippen molar-refractivity contribution in [3.63, 3.8) is 0 Å². The first kappa shape index (κ1) is 42.7. The maximum Gasteiger partial charge on any atom is 0.270 e. The number of benzene rings is 4. The highest BCUT2D eigenvalue weighted by Crippen LogP contribution is 2.51. The van der Waals surface area contributed by atoms with E-state index in [2.05, 4.69) is 38.4 Å². The molecule has 0 N–H and O–H groups in total. The molecule has 13 nitrogen and oxygen atoms in total. The fourth-order valence-corrected chi connectivity index (χ4v) is 9.38. The molecule has 1 unspecified atom stereocenters. The van der Waals surface area contributed by atoms with E-state index in [9.17, 15) is 15.4 Å². The number of methoxy groups -OCH3 is 3. The second-order valence-electron chi connectivity index (χ2n) is 14.4. The van der Waals surface area contributed by atoms with Gasteiger partial charge in [0.25, 0.3) is 14.2 Å². The van der Waals surface area contributed by atoms with Gasteiger partial charge in [0, 0.05) is 42.9 Å². The summed E-state index contributed by atoms with van der Waals surface area (Å²) in [7, 11) is 3.14. The van der Waals surface area contributed by atoms with Crippen LogP contribution in [-0.2, 0) is 28.9 Å². The van der Waals surface area contributed by atoms with Crippen LogP contribution < -0.4 is 9.47 Å². The number of hydrogen-bond donors (Lipinski definition) is 0. The van der Waals surface area contributed by atoms with Crippen molar-refractivity contribution in [1.82, 2.24) is 9.24 Å². The van der Waals surface area contributed by atoms with Crippen LogP contribution in [-0.4, -0.2) is 79.1 Å². The number of ether oxygens (including phenoxy) is 5. The highest BCUT2D eigenvalue weighted by molar-refractivity contribution is 7.44. The number of nitriles is 1. The van der Waals surface area contributed by atoms with Crippen LogP contribution in [0.25, 0.3) is 10.9 Å². The minimum atomic E-state index is -1.73. The van der Waals surface area contributed by atoms with Crippen molar-refractivity contribution >= 4 is 25.1 Å². The lowest BCUT2D eigenvalue weighted by molar-refractivity contribution is -0.384. The van der Waals surface area contributed by atoms with Gasteiger partial charge in [-0.3, -0.25) is 10.1 Å². The monoisotopic (exact) mass is 810 g/mol. The first-order chi connectivity index (χ1) is 28.1. The zero-order valence-corrected chi connectivity index (χ0v) is 34.8. The molecule has 5 atom stereocenters. The van der Waals surface area contributed by atoms with Gasteiger partial charge in [-0.05, 0) is 80.8 Å². The number of rotatable bonds is 19. The summed E-state index contributed by atoms with van der Waals surface area (Å²) in [6.07, 6.45) is -0.831. The van der Waals surface area contributed by atoms with Crippen molar-refractivity contribution in [3.05, 3.63) is 136 Å². The molecule has 6 rings (SSSR count). The number of non-ortho nitro benzene ring substituents is 1. The molecule has 1 aliphatic rings. The molecular formula is C44H51N4O9P. The van der Waals surface area contributed by atoms with Crippen molar-refractivity contribution in [2.75, 3.05) is 34.5 Å². The Labute approximate surface area is 341 Å². The summed E-state index contributed by atoms with van der Waals surface area (Å²) in [5.41, 5.74) is 2.16. The van der Waals surface area contributed by atoms with Crippen LogP contribution in [0.2, 0.25) is 0 Å². The number of aromatic nitrogens is 1. The highest BCUT2D eigenvalue weighted by atomic mass is 31.2. The van der Waals surface area contributed by atoms with E-state index in [1.807, 2.05) is 95.7 Å². The topological polar surface area (TPSA) is 140 Å². The Morgan fingerprint density at radius 2 is 1.47 bits per heavy atom. The summed E-state index contributed by atoms with van der Waals surface area (Å²) in [6, 6.07) is 34.5. The zero-order valence-electron chi connectivity index (χ0n) is 33.9. The third kappa shape index (κ3) is 8.89. The van der Waals surface area contributed by atoms with E-state index in [-0.39, 0.29) is 37.4 Å². The third-order valence-corrected chi connectivity index (χ3v) is 12.4. The first-order valence-electron chi connectivity index (χ1n) is 19.2. The van der Waals surface area contributed by atoms with Crippen molar-refractivity contribution in [3.8, 4) is 17.6 Å². The fraction of sp³-hybridized carbons (Fsp3) is 0.386. The van der Waals surface area contributed by atoms with Gasteiger partial charge in [-0.15, -0.1) is 0 Å². The van der Waals surface area contributed by atoms with Crippen molar-refractivity contribution in [1.29, 1.82) is 5.26 Å². The molecule has 14 heteroatoms. The molecule has 306 valence electrons. The van der Waals surface area contributed by atoms with E-state index in [1.165, 1.54) is 6.07 Å². The number of nitro groups is 1. The summed E-state index contributed by atoms with van der Waals surface area (Å²) in [6.45, 7) is 8.54. The van der Waals surface area contributed by atoms with E-state index in [4.69, 9.17) is 32.7 Å². The lowest BCUT2D eigenvalue weighted by atomic mass is 9.80. The van der Waals surface area contributed by atoms with Crippen LogP contribution in [0.3, 0.4) is 0 Å². The Hall–Kier alpha value is -4.90. The zero-order chi connectivity index (χ0) is 41.4. The van der Waals surface area contributed by atoms with Crippen LogP contribution in [0.1, 0.15) is 57.0 Å². The van der Waals surface area contributed by atoms with Gasteiger partial charge in [-0.1, -0.05) is 54.6 Å². The molecule has 0 saturated carbocycles. The summed E-state index contributed by atoms with van der Waals surface area (Å²) in [5, 5.41) is 21.7. The first-order valence-corrected chi connectivity index (χ1v) is 20.4. The minimum Gasteiger partial charge on any atom is -0.497 e. The normalized spacial score (nSPS) is 18.8. The number of nitrogens with zero attached hydrogens (tertiary/aromatic N) is 4. The second-order valence-corrected chi connectivity index (χ2v) is 15.8. The Morgan fingerprint density at radius 3 is 2.00 bits per heavy atom. The Kier molecular flexibility index (Phi) is 14.2. The Bertz CT molecular complexity index is 2090. The molecular weight excluding hydrogens is 759 g/mol. The fourth-order valence-electron chi connectivity index (χ4n) is 7.61. The third-order valence-electron chi connectivity index (χ3n) is 10.3. The number of hydrogen-bond acceptors (Lipinski definition) is 11. The van der Waals surface area contributed by atoms with Gasteiger partial charge < -0.3 is 37.3 Å². The summed E-state index contributed by atoms with van der Waals surface area (Å²) >= 11 is 0. The maximum absolute atomic E-state index is 11.6. The summed E-state index contributed by atoms with van der Waals surface area (Å²) < 4.78 is 49.3. The number of nitro benzene ring substituents is 1. The predicted molar refractivity (Wildman–Crippen MR) is 222 cm³/mol. The molecule has 4 aromatic carbocycles. The number of fused-ring (bicyclic) bond motifs is 1. The molecule has 0 bridgehead atoms. The molecule has 0 aliphatic carbocycles. The van der Waals surface area contributed by atoms with Gasteiger partial charge in [0.2, 0.25) is 0 Å². The van der Waals surface area contributed by atoms with E-state index >= 15 is 0 Å². The SMILES string of the molecule is COc1ccc(C(OC[C@H]2O[C@@H](n3ccc4cc([N+](=O)[O-])ccc43)[C@H](OC)[C@@H]2OP(OCCC#N)N(C(C)C)C(C)C)(c2ccccc2)c2ccc(OC)cc2)cc1. The average Bonchev–Trinajstić information content (AvgIpc) is 3.81. The highest BCUT2D eigenvalue weighted by Gasteiger charge is 2.51. The van der Waals surface area contributed by atoms with Crippen molar-refractivity contribution in [2.45, 2.75) is 76.3 Å². The molecule has 0 spiro atoms. The van der Waals surface area contributed by atoms with Gasteiger partial charge in [0.15, 0.2) is 6.23 Å². The molecule has 2 heterocycles. The predicted octanol–water partition coefficient (Wildman–Crippen LogP) is 9.15. The van der Waals surface area contributed by atoms with Gasteiger partial charge in [-0.25, -0.2) is 4.67 Å². The van der Waals surface area contributed by atoms with Crippen LogP contribution >= 0.6 is 8.53 Å². The summed E-state index contributed by atoms with van der Waals surface area (Å²) in [5.74, 6) is 1.40. The Morgan fingerprint density at radius 1 is 0.862 bits per heavy atom. The van der Waals surface area contributed by atoms with Crippen LogP contribution in [0, 0.1) is 21.4 Å². The van der Waals surface area contributed by atoms with Gasteiger partial charge in [0.1, 0.15) is 35.4 Å². The van der Waals surface area contributed by atoms with E-state index in [0.29, 0.717) is 16.9 Å². The van der Waals surface area contributed by atoms with Crippen molar-refractivity contribution in [2.24, 2.45) is 0 Å². The van der Waals surface area contributed by atoms with Gasteiger partial charge in [-0.2, -0.15) is 5.26 Å². The molecule has 5 aromatic rings. The maximum atomic E-state index is 11.6. The van der Waals surface area contributed by atoms with Gasteiger partial charge >= 0.3 is 0 Å². The molecule has 1 aliphatic heterocycles. The molecule has 1 saturated heterocycles. The van der Waals surface area contributed by atoms with Gasteiger partial charge in [0.05, 0.1) is 50.4 Å². The second kappa shape index (κ2) is 19.2.